The van der Waals surface area contributed by atoms with E-state index in [-0.39, 0.29) is 5.82 Å². The smallest absolute Gasteiger partial charge is 0.358 e. The number of hydrogen-bond donors (Lipinski definition) is 0. The molecule has 0 radical (unpaired) electrons. The third-order valence-corrected chi connectivity index (χ3v) is 6.19. The second kappa shape index (κ2) is 8.70. The lowest BCUT2D eigenvalue weighted by Gasteiger charge is -2.08. The van der Waals surface area contributed by atoms with Crippen LogP contribution in [0.2, 0.25) is 0 Å². The molecule has 0 unspecified atom stereocenters. The first kappa shape index (κ1) is 18.9. The van der Waals surface area contributed by atoms with Crippen LogP contribution in [0.3, 0.4) is 0 Å². The van der Waals surface area contributed by atoms with Gasteiger partial charge >= 0.3 is 5.82 Å². The maximum Gasteiger partial charge on any atom is 0.368 e. The molecule has 0 spiro atoms. The molecule has 0 bridgehead atoms. The van der Waals surface area contributed by atoms with Gasteiger partial charge in [0.15, 0.2) is 0 Å². The second-order valence-corrected chi connectivity index (χ2v) is 7.90. The standard InChI is InChI=1S/C16H16ClN5O2S2/c1-11-12(9-17)18-6-5-13(11)25-7-2-8-26-15-4-3-14-19-10-16(22(23)24)21(14)20-15/h3-6,10H,2,7-9H2,1H3. The fourth-order valence-electron chi connectivity index (χ4n) is 2.31. The summed E-state index contributed by atoms with van der Waals surface area (Å²) in [6, 6.07) is 5.59. The summed E-state index contributed by atoms with van der Waals surface area (Å²) in [5, 5.41) is 16.0. The molecule has 136 valence electrons. The summed E-state index contributed by atoms with van der Waals surface area (Å²) in [4.78, 5) is 19.9. The highest BCUT2D eigenvalue weighted by molar-refractivity contribution is 8.00. The zero-order chi connectivity index (χ0) is 18.5. The Labute approximate surface area is 163 Å². The van der Waals surface area contributed by atoms with Crippen LogP contribution in [0.25, 0.3) is 5.65 Å². The number of alkyl halides is 1. The van der Waals surface area contributed by atoms with Crippen molar-refractivity contribution in [1.29, 1.82) is 0 Å². The Hall–Kier alpha value is -1.84. The molecule has 0 fully saturated rings. The summed E-state index contributed by atoms with van der Waals surface area (Å²) < 4.78 is 1.27. The van der Waals surface area contributed by atoms with Crippen LogP contribution in [0.15, 0.2) is 40.5 Å². The van der Waals surface area contributed by atoms with Gasteiger partial charge in [-0.25, -0.2) is 4.98 Å². The number of hydrogen-bond acceptors (Lipinski definition) is 7. The molecule has 3 heterocycles. The van der Waals surface area contributed by atoms with E-state index >= 15 is 0 Å². The summed E-state index contributed by atoms with van der Waals surface area (Å²) in [6.07, 6.45) is 4.00. The van der Waals surface area contributed by atoms with Gasteiger partial charge in [-0.1, -0.05) is 9.61 Å². The van der Waals surface area contributed by atoms with Gasteiger partial charge in [-0.2, -0.15) is 0 Å². The van der Waals surface area contributed by atoms with Crippen LogP contribution in [0.1, 0.15) is 17.7 Å². The van der Waals surface area contributed by atoms with Crippen molar-refractivity contribution in [3.8, 4) is 0 Å². The molecule has 0 amide bonds. The van der Waals surface area contributed by atoms with Crippen LogP contribution in [0, 0.1) is 17.0 Å². The number of pyridine rings is 1. The zero-order valence-electron chi connectivity index (χ0n) is 14.0. The van der Waals surface area contributed by atoms with Gasteiger partial charge in [0, 0.05) is 22.9 Å². The minimum atomic E-state index is -0.482. The van der Waals surface area contributed by atoms with Crippen molar-refractivity contribution in [3.63, 3.8) is 0 Å². The van der Waals surface area contributed by atoms with E-state index in [1.165, 1.54) is 15.6 Å². The van der Waals surface area contributed by atoms with Crippen LogP contribution in [-0.2, 0) is 5.88 Å². The minimum absolute atomic E-state index is 0.124. The van der Waals surface area contributed by atoms with Crippen molar-refractivity contribution in [2.24, 2.45) is 0 Å². The number of nitro groups is 1. The van der Waals surface area contributed by atoms with E-state index < -0.39 is 4.92 Å². The van der Waals surface area contributed by atoms with E-state index in [2.05, 4.69) is 15.1 Å². The van der Waals surface area contributed by atoms with E-state index in [1.54, 1.807) is 35.8 Å². The van der Waals surface area contributed by atoms with Crippen molar-refractivity contribution in [2.45, 2.75) is 29.1 Å². The third kappa shape index (κ3) is 4.28. The Bertz CT molecular complexity index is 934. The Balaban J connectivity index is 1.53. The molecular weight excluding hydrogens is 394 g/mol. The van der Waals surface area contributed by atoms with Gasteiger partial charge < -0.3 is 10.1 Å². The monoisotopic (exact) mass is 409 g/mol. The van der Waals surface area contributed by atoms with E-state index in [0.29, 0.717) is 11.5 Å². The summed E-state index contributed by atoms with van der Waals surface area (Å²) in [7, 11) is 0. The third-order valence-electron chi connectivity index (χ3n) is 3.69. The van der Waals surface area contributed by atoms with Crippen molar-refractivity contribution in [2.75, 3.05) is 11.5 Å². The quantitative estimate of drug-likeness (QED) is 0.179. The van der Waals surface area contributed by atoms with Gasteiger partial charge in [0.25, 0.3) is 0 Å². The second-order valence-electron chi connectivity index (χ2n) is 5.38. The lowest BCUT2D eigenvalue weighted by atomic mass is 10.2. The highest BCUT2D eigenvalue weighted by Crippen LogP contribution is 2.26. The van der Waals surface area contributed by atoms with Crippen molar-refractivity contribution >= 4 is 46.6 Å². The molecule has 0 N–H and O–H groups in total. The average molecular weight is 410 g/mol. The lowest BCUT2D eigenvalue weighted by molar-refractivity contribution is -0.391. The predicted molar refractivity (Wildman–Crippen MR) is 104 cm³/mol. The molecule has 0 saturated carbocycles. The number of halogens is 1. The highest BCUT2D eigenvalue weighted by atomic mass is 35.5. The van der Waals surface area contributed by atoms with Crippen molar-refractivity contribution < 1.29 is 4.92 Å². The summed E-state index contributed by atoms with van der Waals surface area (Å²) >= 11 is 9.25. The summed E-state index contributed by atoms with van der Waals surface area (Å²) in [5.74, 6) is 2.14. The Morgan fingerprint density at radius 3 is 2.81 bits per heavy atom. The van der Waals surface area contributed by atoms with Gasteiger partial charge in [0.1, 0.15) is 11.2 Å². The number of fused-ring (bicyclic) bond motifs is 1. The first-order chi connectivity index (χ1) is 12.6. The first-order valence-corrected chi connectivity index (χ1v) is 10.4. The number of rotatable bonds is 8. The van der Waals surface area contributed by atoms with E-state index in [9.17, 15) is 10.1 Å². The van der Waals surface area contributed by atoms with Crippen molar-refractivity contribution in [1.82, 2.24) is 19.6 Å². The first-order valence-electron chi connectivity index (χ1n) is 7.85. The Morgan fingerprint density at radius 1 is 1.23 bits per heavy atom. The van der Waals surface area contributed by atoms with Crippen LogP contribution in [-0.4, -0.2) is 36.0 Å². The average Bonchev–Trinajstić information content (AvgIpc) is 3.06. The van der Waals surface area contributed by atoms with Crippen LogP contribution in [0.4, 0.5) is 5.82 Å². The van der Waals surface area contributed by atoms with Gasteiger partial charge in [-0.15, -0.1) is 35.1 Å². The van der Waals surface area contributed by atoms with E-state index in [1.807, 2.05) is 19.1 Å². The molecule has 0 aromatic carbocycles. The molecule has 7 nitrogen and oxygen atoms in total. The summed E-state index contributed by atoms with van der Waals surface area (Å²) in [5.41, 5.74) is 2.53. The molecule has 26 heavy (non-hydrogen) atoms. The molecule has 3 rings (SSSR count). The maximum absolute atomic E-state index is 11.0. The molecule has 0 saturated heterocycles. The molecule has 0 aliphatic heterocycles. The SMILES string of the molecule is Cc1c(SCCCSc2ccc3ncc([N+](=O)[O-])n3n2)ccnc1CCl. The fraction of sp³-hybridized carbons (Fsp3) is 0.312. The molecule has 3 aromatic heterocycles. The van der Waals surface area contributed by atoms with Crippen LogP contribution in [0.5, 0.6) is 0 Å². The molecule has 0 aliphatic rings. The summed E-state index contributed by atoms with van der Waals surface area (Å²) in [6.45, 7) is 2.04. The zero-order valence-corrected chi connectivity index (χ0v) is 16.4. The maximum atomic E-state index is 11.0. The van der Waals surface area contributed by atoms with Gasteiger partial charge in [0.05, 0.1) is 11.6 Å². The molecule has 3 aromatic rings. The molecule has 10 heteroatoms. The number of thioether (sulfide) groups is 2. The Kier molecular flexibility index (Phi) is 6.33. The predicted octanol–water partition coefficient (Wildman–Crippen LogP) is 4.35. The van der Waals surface area contributed by atoms with Crippen molar-refractivity contribution in [3.05, 3.63) is 52.0 Å². The minimum Gasteiger partial charge on any atom is -0.358 e. The molecule has 0 atom stereocenters. The number of nitrogens with zero attached hydrogens (tertiary/aromatic N) is 5. The van der Waals surface area contributed by atoms with Gasteiger partial charge in [0.2, 0.25) is 5.65 Å². The highest BCUT2D eigenvalue weighted by Gasteiger charge is 2.16. The Morgan fingerprint density at radius 2 is 2.04 bits per heavy atom. The van der Waals surface area contributed by atoms with Crippen LogP contribution < -0.4 is 0 Å². The topological polar surface area (TPSA) is 86.2 Å². The largest absolute Gasteiger partial charge is 0.368 e. The van der Waals surface area contributed by atoms with Gasteiger partial charge in [-0.3, -0.25) is 4.98 Å². The fourth-order valence-corrected chi connectivity index (χ4v) is 4.57. The van der Waals surface area contributed by atoms with E-state index in [0.717, 1.165) is 34.2 Å². The molecular formula is C16H16ClN5O2S2. The molecule has 0 aliphatic carbocycles. The number of imidazole rings is 1. The normalized spacial score (nSPS) is 11.2. The number of aromatic nitrogens is 4. The lowest BCUT2D eigenvalue weighted by Crippen LogP contribution is -1.99. The van der Waals surface area contributed by atoms with E-state index in [4.69, 9.17) is 11.6 Å². The van der Waals surface area contributed by atoms with Crippen LogP contribution >= 0.6 is 35.1 Å². The van der Waals surface area contributed by atoms with Gasteiger partial charge in [-0.05, 0) is 41.7 Å².